The Kier molecular flexibility index (Phi) is 9.52. The van der Waals surface area contributed by atoms with E-state index in [2.05, 4.69) is 10.6 Å². The van der Waals surface area contributed by atoms with Crippen molar-refractivity contribution in [1.29, 1.82) is 0 Å². The second kappa shape index (κ2) is 12.1. The highest BCUT2D eigenvalue weighted by Gasteiger charge is 2.35. The van der Waals surface area contributed by atoms with Gasteiger partial charge in [0.05, 0.1) is 12.7 Å². The first-order chi connectivity index (χ1) is 15.2. The van der Waals surface area contributed by atoms with Crippen molar-refractivity contribution < 1.29 is 28.7 Å². The number of benzene rings is 1. The number of nitrogens with one attached hydrogen (secondary N) is 2. The summed E-state index contributed by atoms with van der Waals surface area (Å²) in [5, 5.41) is 6.21. The van der Waals surface area contributed by atoms with Gasteiger partial charge in [-0.05, 0) is 30.0 Å². The standard InChI is InChI=1S/C23H31N3O6/c1-15(2)21(25-13-24-18-8-6-17(7-9-18)12-32-14-27)22(30)19(28)5-4-10-26-20(29)11-16(3)23(26)31/h6-9,14-16,21,24-25H,4-5,10-13H2,1-3H3/t16?,21-/m0/s1. The third-order valence-corrected chi connectivity index (χ3v) is 5.37. The average Bonchev–Trinajstić information content (AvgIpc) is 3.01. The van der Waals surface area contributed by atoms with Gasteiger partial charge in [-0.2, -0.15) is 0 Å². The van der Waals surface area contributed by atoms with Gasteiger partial charge in [0.1, 0.15) is 6.61 Å². The van der Waals surface area contributed by atoms with Crippen LogP contribution in [0.3, 0.4) is 0 Å². The Morgan fingerprint density at radius 2 is 1.91 bits per heavy atom. The molecule has 0 aliphatic carbocycles. The Bertz CT molecular complexity index is 837. The summed E-state index contributed by atoms with van der Waals surface area (Å²) in [5.74, 6) is -1.87. The number of carbonyl (C=O) groups excluding carboxylic acids is 5. The maximum atomic E-state index is 12.7. The van der Waals surface area contributed by atoms with Crippen LogP contribution in [0.2, 0.25) is 0 Å². The number of ketones is 2. The van der Waals surface area contributed by atoms with Crippen molar-refractivity contribution in [1.82, 2.24) is 10.2 Å². The van der Waals surface area contributed by atoms with E-state index in [-0.39, 0.29) is 62.7 Å². The Morgan fingerprint density at radius 3 is 2.47 bits per heavy atom. The van der Waals surface area contributed by atoms with Crippen LogP contribution in [0, 0.1) is 11.8 Å². The summed E-state index contributed by atoms with van der Waals surface area (Å²) < 4.78 is 4.70. The van der Waals surface area contributed by atoms with Crippen LogP contribution < -0.4 is 10.6 Å². The van der Waals surface area contributed by atoms with Crippen molar-refractivity contribution in [3.63, 3.8) is 0 Å². The van der Waals surface area contributed by atoms with E-state index in [0.717, 1.165) is 11.3 Å². The van der Waals surface area contributed by atoms with Crippen molar-refractivity contribution >= 4 is 35.5 Å². The second-order valence-electron chi connectivity index (χ2n) is 8.26. The highest BCUT2D eigenvalue weighted by atomic mass is 16.5. The van der Waals surface area contributed by atoms with Crippen LogP contribution in [-0.4, -0.2) is 54.0 Å². The van der Waals surface area contributed by atoms with Crippen LogP contribution in [0.5, 0.6) is 0 Å². The second-order valence-corrected chi connectivity index (χ2v) is 8.26. The molecule has 1 aliphatic rings. The Hall–Kier alpha value is -3.07. The van der Waals surface area contributed by atoms with Gasteiger partial charge in [0, 0.05) is 31.0 Å². The third-order valence-electron chi connectivity index (χ3n) is 5.37. The van der Waals surface area contributed by atoms with Gasteiger partial charge in [0.2, 0.25) is 17.6 Å². The zero-order chi connectivity index (χ0) is 23.7. The first-order valence-electron chi connectivity index (χ1n) is 10.8. The van der Waals surface area contributed by atoms with Crippen molar-refractivity contribution in [2.24, 2.45) is 11.8 Å². The number of hydrogen-bond donors (Lipinski definition) is 2. The normalized spacial score (nSPS) is 16.9. The molecule has 1 aliphatic heterocycles. The van der Waals surface area contributed by atoms with Crippen molar-refractivity contribution in [3.8, 4) is 0 Å². The molecule has 1 fully saturated rings. The molecular formula is C23H31N3O6. The lowest BCUT2D eigenvalue weighted by atomic mass is 9.95. The zero-order valence-electron chi connectivity index (χ0n) is 18.8. The molecule has 2 N–H and O–H groups in total. The van der Waals surface area contributed by atoms with E-state index in [9.17, 15) is 24.0 Å². The van der Waals surface area contributed by atoms with Gasteiger partial charge >= 0.3 is 0 Å². The molecule has 1 unspecified atom stereocenters. The first-order valence-corrected chi connectivity index (χ1v) is 10.8. The molecule has 9 nitrogen and oxygen atoms in total. The van der Waals surface area contributed by atoms with E-state index in [0.29, 0.717) is 6.47 Å². The van der Waals surface area contributed by atoms with Gasteiger partial charge in [-0.25, -0.2) is 0 Å². The lowest BCUT2D eigenvalue weighted by Gasteiger charge is -2.21. The molecule has 0 aromatic heterocycles. The molecule has 32 heavy (non-hydrogen) atoms. The summed E-state index contributed by atoms with van der Waals surface area (Å²) in [6, 6.07) is 6.63. The van der Waals surface area contributed by atoms with E-state index >= 15 is 0 Å². The van der Waals surface area contributed by atoms with Crippen LogP contribution in [-0.2, 0) is 35.3 Å². The highest BCUT2D eigenvalue weighted by molar-refractivity contribution is 6.39. The molecule has 1 saturated heterocycles. The number of imide groups is 1. The van der Waals surface area contributed by atoms with Crippen LogP contribution in [0.1, 0.15) is 45.6 Å². The minimum atomic E-state index is -0.648. The van der Waals surface area contributed by atoms with E-state index < -0.39 is 17.6 Å². The molecule has 0 saturated carbocycles. The van der Waals surface area contributed by atoms with E-state index in [4.69, 9.17) is 4.74 Å². The SMILES string of the molecule is CC1CC(=O)N(CCCC(=O)C(=O)[C@@H](NCNc2ccc(COC=O)cc2)C(C)C)C1=O. The van der Waals surface area contributed by atoms with Crippen LogP contribution in [0.4, 0.5) is 5.69 Å². The fourth-order valence-electron chi connectivity index (χ4n) is 3.52. The van der Waals surface area contributed by atoms with Gasteiger partial charge < -0.3 is 10.1 Å². The molecule has 1 aromatic rings. The number of Topliss-reactive ketones (excluding diaryl/α,β-unsaturated/α-hetero) is 2. The molecule has 174 valence electrons. The summed E-state index contributed by atoms with van der Waals surface area (Å²) in [4.78, 5) is 60.2. The van der Waals surface area contributed by atoms with E-state index in [1.165, 1.54) is 4.90 Å². The van der Waals surface area contributed by atoms with Gasteiger partial charge in [-0.1, -0.05) is 32.9 Å². The lowest BCUT2D eigenvalue weighted by Crippen LogP contribution is -2.46. The molecule has 2 amide bonds. The number of nitrogens with zero attached hydrogens (tertiary/aromatic N) is 1. The molecule has 2 atom stereocenters. The quantitative estimate of drug-likeness (QED) is 0.192. The van der Waals surface area contributed by atoms with Crippen molar-refractivity contribution in [3.05, 3.63) is 29.8 Å². The smallest absolute Gasteiger partial charge is 0.293 e. The fraction of sp³-hybridized carbons (Fsp3) is 0.522. The van der Waals surface area contributed by atoms with Crippen molar-refractivity contribution in [2.45, 2.75) is 52.7 Å². The number of rotatable bonds is 14. The van der Waals surface area contributed by atoms with Crippen LogP contribution in [0.15, 0.2) is 24.3 Å². The van der Waals surface area contributed by atoms with Gasteiger partial charge in [0.15, 0.2) is 5.78 Å². The third kappa shape index (κ3) is 6.98. The number of carbonyl (C=O) groups is 5. The fourth-order valence-corrected chi connectivity index (χ4v) is 3.52. The summed E-state index contributed by atoms with van der Waals surface area (Å²) in [7, 11) is 0. The van der Waals surface area contributed by atoms with Crippen molar-refractivity contribution in [2.75, 3.05) is 18.5 Å². The van der Waals surface area contributed by atoms with Gasteiger partial charge in [0.25, 0.3) is 6.47 Å². The monoisotopic (exact) mass is 445 g/mol. The molecule has 0 radical (unpaired) electrons. The van der Waals surface area contributed by atoms with E-state index in [1.807, 2.05) is 38.1 Å². The predicted molar refractivity (Wildman–Crippen MR) is 117 cm³/mol. The molecule has 9 heteroatoms. The van der Waals surface area contributed by atoms with Gasteiger partial charge in [-0.3, -0.25) is 34.2 Å². The number of hydrogen-bond acceptors (Lipinski definition) is 8. The first kappa shape index (κ1) is 25.2. The largest absolute Gasteiger partial charge is 0.463 e. The number of ether oxygens (including phenoxy) is 1. The Labute approximate surface area is 187 Å². The maximum Gasteiger partial charge on any atom is 0.293 e. The molecule has 1 aromatic carbocycles. The minimum Gasteiger partial charge on any atom is -0.463 e. The predicted octanol–water partition coefficient (Wildman–Crippen LogP) is 1.66. The minimum absolute atomic E-state index is 0.00702. The van der Waals surface area contributed by atoms with Crippen LogP contribution in [0.25, 0.3) is 0 Å². The Balaban J connectivity index is 1.79. The van der Waals surface area contributed by atoms with Gasteiger partial charge in [-0.15, -0.1) is 0 Å². The highest BCUT2D eigenvalue weighted by Crippen LogP contribution is 2.19. The summed E-state index contributed by atoms with van der Waals surface area (Å²) in [5.41, 5.74) is 1.66. The molecule has 0 spiro atoms. The molecule has 0 bridgehead atoms. The summed E-state index contributed by atoms with van der Waals surface area (Å²) in [6.45, 7) is 6.45. The van der Waals surface area contributed by atoms with E-state index in [1.54, 1.807) is 6.92 Å². The summed E-state index contributed by atoms with van der Waals surface area (Å²) >= 11 is 0. The average molecular weight is 446 g/mol. The molecular weight excluding hydrogens is 414 g/mol. The summed E-state index contributed by atoms with van der Waals surface area (Å²) in [6.07, 6.45) is 0.470. The van der Waals surface area contributed by atoms with Crippen LogP contribution >= 0.6 is 0 Å². The lowest BCUT2D eigenvalue weighted by molar-refractivity contribution is -0.140. The maximum absolute atomic E-state index is 12.7. The topological polar surface area (TPSA) is 122 Å². The number of anilines is 1. The zero-order valence-corrected chi connectivity index (χ0v) is 18.8. The molecule has 1 heterocycles. The Morgan fingerprint density at radius 1 is 1.22 bits per heavy atom. The number of amides is 2. The molecule has 2 rings (SSSR count). The number of likely N-dealkylation sites (tertiary alicyclic amines) is 1.